The van der Waals surface area contributed by atoms with E-state index in [0.29, 0.717) is 40.6 Å². The smallest absolute Gasteiger partial charge is 0.338 e. The summed E-state index contributed by atoms with van der Waals surface area (Å²) in [5.41, 5.74) is 3.97. The molecule has 35 heavy (non-hydrogen) atoms. The second kappa shape index (κ2) is 10.7. The Morgan fingerprint density at radius 3 is 2.46 bits per heavy atom. The lowest BCUT2D eigenvalue weighted by molar-refractivity contribution is -0.139. The van der Waals surface area contributed by atoms with Gasteiger partial charge in [0, 0.05) is 30.9 Å². The number of benzene rings is 2. The van der Waals surface area contributed by atoms with Crippen LogP contribution in [-0.4, -0.2) is 57.9 Å². The van der Waals surface area contributed by atoms with Crippen LogP contribution < -0.4 is 24.8 Å². The van der Waals surface area contributed by atoms with E-state index in [0.717, 1.165) is 19.5 Å². The van der Waals surface area contributed by atoms with Crippen LogP contribution in [0.1, 0.15) is 29.7 Å². The van der Waals surface area contributed by atoms with Crippen LogP contribution in [0, 0.1) is 0 Å². The number of carbonyl (C=O) groups is 2. The molecule has 2 amide bonds. The van der Waals surface area contributed by atoms with E-state index < -0.39 is 18.0 Å². The monoisotopic (exact) mass is 481 g/mol. The molecule has 2 heterocycles. The molecule has 0 saturated heterocycles. The van der Waals surface area contributed by atoms with Crippen molar-refractivity contribution in [3.63, 3.8) is 0 Å². The van der Waals surface area contributed by atoms with E-state index in [2.05, 4.69) is 27.7 Å². The van der Waals surface area contributed by atoms with E-state index in [1.807, 2.05) is 12.1 Å². The summed E-state index contributed by atoms with van der Waals surface area (Å²) in [5.74, 6) is 0.709. The molecule has 0 spiro atoms. The second-order valence-corrected chi connectivity index (χ2v) is 8.30. The van der Waals surface area contributed by atoms with Gasteiger partial charge in [0.15, 0.2) is 11.5 Å². The van der Waals surface area contributed by atoms with Crippen LogP contribution >= 0.6 is 0 Å². The fraction of sp³-hybridized carbons (Fsp3) is 0.385. The number of methoxy groups -OCH3 is 3. The molecule has 9 heteroatoms. The van der Waals surface area contributed by atoms with Gasteiger partial charge in [0.25, 0.3) is 0 Å². The minimum Gasteiger partial charge on any atom is -0.493 e. The van der Waals surface area contributed by atoms with Crippen molar-refractivity contribution in [1.29, 1.82) is 0 Å². The number of urea groups is 1. The van der Waals surface area contributed by atoms with Gasteiger partial charge in [0.1, 0.15) is 0 Å². The van der Waals surface area contributed by atoms with Crippen molar-refractivity contribution >= 4 is 12.0 Å². The van der Waals surface area contributed by atoms with E-state index in [4.69, 9.17) is 18.9 Å². The first-order chi connectivity index (χ1) is 17.0. The van der Waals surface area contributed by atoms with Crippen LogP contribution in [-0.2, 0) is 22.5 Å². The molecule has 0 aromatic heterocycles. The van der Waals surface area contributed by atoms with Gasteiger partial charge in [0.2, 0.25) is 5.75 Å². The Morgan fingerprint density at radius 2 is 1.77 bits per heavy atom. The molecule has 2 N–H and O–H groups in total. The number of nitrogens with one attached hydrogen (secondary N) is 2. The van der Waals surface area contributed by atoms with Crippen molar-refractivity contribution in [2.75, 3.05) is 41.0 Å². The lowest BCUT2D eigenvalue weighted by atomic mass is 9.93. The molecule has 2 aliphatic rings. The zero-order chi connectivity index (χ0) is 24.9. The summed E-state index contributed by atoms with van der Waals surface area (Å²) in [6.45, 7) is 3.88. The minimum atomic E-state index is -0.801. The third kappa shape index (κ3) is 4.90. The number of fused-ring (bicyclic) bond motifs is 1. The Kier molecular flexibility index (Phi) is 7.45. The third-order valence-electron chi connectivity index (χ3n) is 6.29. The maximum Gasteiger partial charge on any atom is 0.338 e. The van der Waals surface area contributed by atoms with Crippen LogP contribution in [0.25, 0.3) is 0 Å². The highest BCUT2D eigenvalue weighted by molar-refractivity contribution is 5.95. The summed E-state index contributed by atoms with van der Waals surface area (Å²) in [6, 6.07) is 10.6. The van der Waals surface area contributed by atoms with Crippen LogP contribution in [0.4, 0.5) is 4.79 Å². The molecule has 0 bridgehead atoms. The minimum absolute atomic E-state index is 0.205. The average molecular weight is 482 g/mol. The van der Waals surface area contributed by atoms with Gasteiger partial charge in [-0.25, -0.2) is 9.59 Å². The number of ether oxygens (including phenoxy) is 4. The molecule has 0 unspecified atom stereocenters. The van der Waals surface area contributed by atoms with Crippen molar-refractivity contribution < 1.29 is 28.5 Å². The fourth-order valence-electron chi connectivity index (χ4n) is 4.69. The molecule has 2 aromatic carbocycles. The van der Waals surface area contributed by atoms with Gasteiger partial charge in [-0.2, -0.15) is 0 Å². The molecule has 9 nitrogen and oxygen atoms in total. The van der Waals surface area contributed by atoms with Gasteiger partial charge in [-0.15, -0.1) is 0 Å². The van der Waals surface area contributed by atoms with Gasteiger partial charge in [-0.3, -0.25) is 4.90 Å². The summed E-state index contributed by atoms with van der Waals surface area (Å²) < 4.78 is 22.0. The maximum atomic E-state index is 13.2. The normalized spacial score (nSPS) is 17.7. The van der Waals surface area contributed by atoms with Crippen LogP contribution in [0.5, 0.6) is 17.2 Å². The molecule has 0 radical (unpaired) electrons. The molecule has 2 aliphatic heterocycles. The molecule has 1 atom stereocenters. The molecular formula is C26H31N3O6. The molecular weight excluding hydrogens is 450 g/mol. The first-order valence-electron chi connectivity index (χ1n) is 11.6. The van der Waals surface area contributed by atoms with Crippen LogP contribution in [0.2, 0.25) is 0 Å². The van der Waals surface area contributed by atoms with Gasteiger partial charge in [-0.05, 0) is 36.6 Å². The van der Waals surface area contributed by atoms with E-state index in [9.17, 15) is 9.59 Å². The number of amides is 2. The number of hydrogen-bond donors (Lipinski definition) is 2. The molecule has 2 aromatic rings. The number of carbonyl (C=O) groups excluding carboxylic acids is 2. The summed E-state index contributed by atoms with van der Waals surface area (Å²) in [4.78, 5) is 28.2. The van der Waals surface area contributed by atoms with E-state index in [1.54, 1.807) is 19.1 Å². The Hall–Kier alpha value is -3.72. The third-order valence-corrected chi connectivity index (χ3v) is 6.29. The molecule has 186 valence electrons. The first kappa shape index (κ1) is 24.4. The summed E-state index contributed by atoms with van der Waals surface area (Å²) >= 11 is 0. The van der Waals surface area contributed by atoms with Crippen molar-refractivity contribution in [1.82, 2.24) is 15.5 Å². The Labute approximate surface area is 205 Å². The fourth-order valence-corrected chi connectivity index (χ4v) is 4.69. The van der Waals surface area contributed by atoms with Crippen molar-refractivity contribution in [3.05, 3.63) is 64.4 Å². The van der Waals surface area contributed by atoms with Gasteiger partial charge >= 0.3 is 12.0 Å². The predicted octanol–water partition coefficient (Wildman–Crippen LogP) is 2.94. The predicted molar refractivity (Wildman–Crippen MR) is 130 cm³/mol. The standard InChI is InChI=1S/C26H31N3O6/c1-5-35-25(30)21-19(15-29-13-12-16-8-6-7-9-17(16)14-29)27-26(31)28-22(21)18-10-11-20(32-2)24(34-4)23(18)33-3/h6-11,22H,5,12-15H2,1-4H3,(H2,27,28,31)/t22-/m0/s1. The Bertz CT molecular complexity index is 1150. The highest BCUT2D eigenvalue weighted by atomic mass is 16.5. The molecule has 0 aliphatic carbocycles. The van der Waals surface area contributed by atoms with Gasteiger partial charge in [-0.1, -0.05) is 24.3 Å². The van der Waals surface area contributed by atoms with E-state index in [1.165, 1.54) is 32.5 Å². The molecule has 0 saturated carbocycles. The maximum absolute atomic E-state index is 13.2. The zero-order valence-electron chi connectivity index (χ0n) is 20.5. The highest BCUT2D eigenvalue weighted by Gasteiger charge is 2.37. The lowest BCUT2D eigenvalue weighted by Gasteiger charge is -2.34. The summed E-state index contributed by atoms with van der Waals surface area (Å²) in [6.07, 6.45) is 0.900. The number of esters is 1. The first-order valence-corrected chi connectivity index (χ1v) is 11.6. The van der Waals surface area contributed by atoms with Crippen LogP contribution in [0.15, 0.2) is 47.7 Å². The van der Waals surface area contributed by atoms with Crippen LogP contribution in [0.3, 0.4) is 0 Å². The van der Waals surface area contributed by atoms with Gasteiger partial charge in [0.05, 0.1) is 39.6 Å². The lowest BCUT2D eigenvalue weighted by Crippen LogP contribution is -2.49. The summed E-state index contributed by atoms with van der Waals surface area (Å²) in [5, 5.41) is 5.72. The van der Waals surface area contributed by atoms with Crippen molar-refractivity contribution in [3.8, 4) is 17.2 Å². The quantitative estimate of drug-likeness (QED) is 0.560. The number of nitrogens with zero attached hydrogens (tertiary/aromatic N) is 1. The van der Waals surface area contributed by atoms with Gasteiger partial charge < -0.3 is 29.6 Å². The SMILES string of the molecule is CCOC(=O)C1=C(CN2CCc3ccccc3C2)NC(=O)N[C@H]1c1ccc(OC)c(OC)c1OC. The van der Waals surface area contributed by atoms with E-state index in [-0.39, 0.29) is 6.61 Å². The average Bonchev–Trinajstić information content (AvgIpc) is 2.87. The molecule has 4 rings (SSSR count). The molecule has 0 fully saturated rings. The Morgan fingerprint density at radius 1 is 1.03 bits per heavy atom. The number of rotatable bonds is 8. The topological polar surface area (TPSA) is 98.4 Å². The van der Waals surface area contributed by atoms with E-state index >= 15 is 0 Å². The van der Waals surface area contributed by atoms with Crippen molar-refractivity contribution in [2.45, 2.75) is 25.9 Å². The summed E-state index contributed by atoms with van der Waals surface area (Å²) in [7, 11) is 4.54. The highest BCUT2D eigenvalue weighted by Crippen LogP contribution is 2.44. The largest absolute Gasteiger partial charge is 0.493 e. The second-order valence-electron chi connectivity index (χ2n) is 8.30. The number of hydrogen-bond acceptors (Lipinski definition) is 7. The zero-order valence-corrected chi connectivity index (χ0v) is 20.5. The Balaban J connectivity index is 1.77. The van der Waals surface area contributed by atoms with Crippen molar-refractivity contribution in [2.24, 2.45) is 0 Å².